The van der Waals surface area contributed by atoms with Crippen molar-refractivity contribution in [2.45, 2.75) is 25.2 Å². The van der Waals surface area contributed by atoms with E-state index in [0.29, 0.717) is 5.56 Å². The Morgan fingerprint density at radius 1 is 1.47 bits per heavy atom. The number of Topliss-reactive ketones (excluding diaryl/α,β-unsaturated/α-hetero) is 1. The standard InChI is InChI=1S/C12H11NO2/c1-8-2-3-11(15)10(4-8)12(7-13)5-9(14)6-12/h2-4,15H,5-6H2,1H3. The summed E-state index contributed by atoms with van der Waals surface area (Å²) in [7, 11) is 0. The summed E-state index contributed by atoms with van der Waals surface area (Å²) in [6.45, 7) is 1.90. The molecule has 2 rings (SSSR count). The first-order valence-electron chi connectivity index (χ1n) is 4.80. The molecular weight excluding hydrogens is 190 g/mol. The summed E-state index contributed by atoms with van der Waals surface area (Å²) in [5.41, 5.74) is 0.786. The summed E-state index contributed by atoms with van der Waals surface area (Å²) < 4.78 is 0. The lowest BCUT2D eigenvalue weighted by molar-refractivity contribution is -0.126. The number of phenols is 1. The van der Waals surface area contributed by atoms with Gasteiger partial charge < -0.3 is 5.11 Å². The zero-order valence-electron chi connectivity index (χ0n) is 8.45. The van der Waals surface area contributed by atoms with Crippen LogP contribution < -0.4 is 0 Å². The zero-order chi connectivity index (χ0) is 11.1. The number of benzene rings is 1. The number of hydrogen-bond donors (Lipinski definition) is 1. The molecule has 0 aliphatic heterocycles. The quantitative estimate of drug-likeness (QED) is 0.753. The molecule has 1 fully saturated rings. The molecular formula is C12H11NO2. The van der Waals surface area contributed by atoms with Gasteiger partial charge in [-0.25, -0.2) is 0 Å². The Morgan fingerprint density at radius 3 is 2.67 bits per heavy atom. The molecule has 3 heteroatoms. The lowest BCUT2D eigenvalue weighted by Gasteiger charge is -2.34. The van der Waals surface area contributed by atoms with E-state index in [1.165, 1.54) is 0 Å². The Morgan fingerprint density at radius 2 is 2.13 bits per heavy atom. The minimum atomic E-state index is -0.785. The molecule has 1 aromatic rings. The monoisotopic (exact) mass is 201 g/mol. The first-order valence-corrected chi connectivity index (χ1v) is 4.80. The van der Waals surface area contributed by atoms with Gasteiger partial charge in [0, 0.05) is 18.4 Å². The topological polar surface area (TPSA) is 61.1 Å². The number of nitriles is 1. The average molecular weight is 201 g/mol. The summed E-state index contributed by atoms with van der Waals surface area (Å²) in [5.74, 6) is 0.187. The number of nitrogens with zero attached hydrogens (tertiary/aromatic N) is 1. The van der Waals surface area contributed by atoms with E-state index in [1.807, 2.05) is 6.92 Å². The molecule has 0 unspecified atom stereocenters. The second-order valence-electron chi connectivity index (χ2n) is 4.11. The third-order valence-corrected chi connectivity index (χ3v) is 2.88. The summed E-state index contributed by atoms with van der Waals surface area (Å²) in [6.07, 6.45) is 0.445. The molecule has 1 aliphatic carbocycles. The Balaban J connectivity index is 2.49. The molecule has 3 nitrogen and oxygen atoms in total. The summed E-state index contributed by atoms with van der Waals surface area (Å²) >= 11 is 0. The van der Waals surface area contributed by atoms with Crippen LogP contribution in [-0.4, -0.2) is 10.9 Å². The molecule has 0 saturated heterocycles. The van der Waals surface area contributed by atoms with Crippen LogP contribution in [-0.2, 0) is 10.2 Å². The van der Waals surface area contributed by atoms with Crippen molar-refractivity contribution in [3.8, 4) is 11.8 Å². The van der Waals surface area contributed by atoms with Gasteiger partial charge in [0.05, 0.1) is 11.5 Å². The number of phenolic OH excluding ortho intramolecular Hbond substituents is 1. The van der Waals surface area contributed by atoms with E-state index >= 15 is 0 Å². The normalized spacial score (nSPS) is 18.0. The largest absolute Gasteiger partial charge is 0.508 e. The highest BCUT2D eigenvalue weighted by Crippen LogP contribution is 2.44. The molecule has 1 aliphatic rings. The molecule has 1 N–H and O–H groups in total. The van der Waals surface area contributed by atoms with Crippen LogP contribution in [0, 0.1) is 18.3 Å². The van der Waals surface area contributed by atoms with Crippen molar-refractivity contribution in [3.63, 3.8) is 0 Å². The Hall–Kier alpha value is -1.82. The summed E-state index contributed by atoms with van der Waals surface area (Å²) in [6, 6.07) is 7.29. The fourth-order valence-electron chi connectivity index (χ4n) is 1.98. The number of hydrogen-bond acceptors (Lipinski definition) is 3. The van der Waals surface area contributed by atoms with Crippen LogP contribution in [0.2, 0.25) is 0 Å². The van der Waals surface area contributed by atoms with Crippen molar-refractivity contribution in [1.29, 1.82) is 5.26 Å². The van der Waals surface area contributed by atoms with Crippen LogP contribution in [0.15, 0.2) is 18.2 Å². The Labute approximate surface area is 88.0 Å². The molecule has 0 spiro atoms. The highest BCUT2D eigenvalue weighted by molar-refractivity contribution is 5.90. The van der Waals surface area contributed by atoms with Gasteiger partial charge in [-0.05, 0) is 13.0 Å². The number of aryl methyl sites for hydroxylation is 1. The average Bonchev–Trinajstić information content (AvgIpc) is 2.17. The number of aromatic hydroxyl groups is 1. The van der Waals surface area contributed by atoms with Crippen LogP contribution in [0.3, 0.4) is 0 Å². The van der Waals surface area contributed by atoms with E-state index in [9.17, 15) is 9.90 Å². The van der Waals surface area contributed by atoms with Crippen molar-refractivity contribution in [3.05, 3.63) is 29.3 Å². The van der Waals surface area contributed by atoms with E-state index in [2.05, 4.69) is 6.07 Å². The van der Waals surface area contributed by atoms with Gasteiger partial charge in [0.1, 0.15) is 11.5 Å². The second kappa shape index (κ2) is 3.09. The maximum atomic E-state index is 11.0. The van der Waals surface area contributed by atoms with Gasteiger partial charge in [-0.15, -0.1) is 0 Å². The lowest BCUT2D eigenvalue weighted by Crippen LogP contribution is -2.40. The molecule has 0 radical (unpaired) electrons. The minimum Gasteiger partial charge on any atom is -0.508 e. The van der Waals surface area contributed by atoms with Gasteiger partial charge in [-0.3, -0.25) is 4.79 Å². The van der Waals surface area contributed by atoms with Crippen molar-refractivity contribution in [2.24, 2.45) is 0 Å². The van der Waals surface area contributed by atoms with Gasteiger partial charge in [-0.2, -0.15) is 5.26 Å². The molecule has 0 bridgehead atoms. The maximum absolute atomic E-state index is 11.0. The predicted molar refractivity (Wildman–Crippen MR) is 54.4 cm³/mol. The first-order chi connectivity index (χ1) is 7.07. The molecule has 76 valence electrons. The van der Waals surface area contributed by atoms with E-state index in [4.69, 9.17) is 5.26 Å². The Kier molecular flexibility index (Phi) is 2.01. The van der Waals surface area contributed by atoms with E-state index in [0.717, 1.165) is 5.56 Å². The summed E-state index contributed by atoms with van der Waals surface area (Å²) in [5, 5.41) is 18.8. The smallest absolute Gasteiger partial charge is 0.136 e. The fourth-order valence-corrected chi connectivity index (χ4v) is 1.98. The number of ketones is 1. The zero-order valence-corrected chi connectivity index (χ0v) is 8.45. The number of rotatable bonds is 1. The second-order valence-corrected chi connectivity index (χ2v) is 4.11. The molecule has 0 amide bonds. The fraction of sp³-hybridized carbons (Fsp3) is 0.333. The highest BCUT2D eigenvalue weighted by atomic mass is 16.3. The van der Waals surface area contributed by atoms with Gasteiger partial charge in [0.25, 0.3) is 0 Å². The third-order valence-electron chi connectivity index (χ3n) is 2.88. The van der Waals surface area contributed by atoms with Crippen LogP contribution in [0.4, 0.5) is 0 Å². The third kappa shape index (κ3) is 1.39. The summed E-state index contributed by atoms with van der Waals surface area (Å²) in [4.78, 5) is 11.0. The van der Waals surface area contributed by atoms with Crippen LogP contribution in [0.25, 0.3) is 0 Å². The maximum Gasteiger partial charge on any atom is 0.136 e. The molecule has 1 aromatic carbocycles. The molecule has 0 heterocycles. The highest BCUT2D eigenvalue weighted by Gasteiger charge is 2.46. The molecule has 1 saturated carbocycles. The SMILES string of the molecule is Cc1ccc(O)c(C2(C#N)CC(=O)C2)c1. The minimum absolute atomic E-state index is 0.0810. The number of carbonyl (C=O) groups excluding carboxylic acids is 1. The first kappa shape index (κ1) is 9.72. The van der Waals surface area contributed by atoms with Crippen LogP contribution in [0.5, 0.6) is 5.75 Å². The van der Waals surface area contributed by atoms with Crippen molar-refractivity contribution >= 4 is 5.78 Å². The molecule has 0 atom stereocenters. The van der Waals surface area contributed by atoms with E-state index in [1.54, 1.807) is 18.2 Å². The van der Waals surface area contributed by atoms with Crippen molar-refractivity contribution < 1.29 is 9.90 Å². The molecule has 15 heavy (non-hydrogen) atoms. The van der Waals surface area contributed by atoms with Crippen molar-refractivity contribution in [2.75, 3.05) is 0 Å². The Bertz CT molecular complexity index is 463. The van der Waals surface area contributed by atoms with E-state index in [-0.39, 0.29) is 24.4 Å². The lowest BCUT2D eigenvalue weighted by atomic mass is 9.64. The van der Waals surface area contributed by atoms with Gasteiger partial charge in [0.2, 0.25) is 0 Å². The van der Waals surface area contributed by atoms with Gasteiger partial charge in [-0.1, -0.05) is 17.7 Å². The predicted octanol–water partition coefficient (Wildman–Crippen LogP) is 1.82. The van der Waals surface area contributed by atoms with Crippen LogP contribution >= 0.6 is 0 Å². The van der Waals surface area contributed by atoms with Gasteiger partial charge in [0.15, 0.2) is 0 Å². The van der Waals surface area contributed by atoms with Gasteiger partial charge >= 0.3 is 0 Å². The van der Waals surface area contributed by atoms with E-state index < -0.39 is 5.41 Å². The van der Waals surface area contributed by atoms with Crippen molar-refractivity contribution in [1.82, 2.24) is 0 Å². The number of carbonyl (C=O) groups is 1. The molecule has 0 aromatic heterocycles. The van der Waals surface area contributed by atoms with Crippen LogP contribution in [0.1, 0.15) is 24.0 Å².